The van der Waals surface area contributed by atoms with Gasteiger partial charge in [-0.05, 0) is 30.2 Å². The Morgan fingerprint density at radius 3 is 2.22 bits per heavy atom. The zero-order chi connectivity index (χ0) is 16.7. The van der Waals surface area contributed by atoms with E-state index in [1.165, 1.54) is 0 Å². The molecule has 5 heteroatoms. The summed E-state index contributed by atoms with van der Waals surface area (Å²) in [7, 11) is 3.13. The molecule has 2 aromatic rings. The number of methoxy groups -OCH3 is 2. The first-order chi connectivity index (χ1) is 11.1. The molecule has 0 radical (unpaired) electrons. The minimum atomic E-state index is -0.151. The number of rotatable bonds is 7. The van der Waals surface area contributed by atoms with E-state index in [1.807, 2.05) is 49.4 Å². The third kappa shape index (κ3) is 4.72. The van der Waals surface area contributed by atoms with E-state index in [1.54, 1.807) is 14.2 Å². The summed E-state index contributed by atoms with van der Waals surface area (Å²) in [4.78, 5) is 12.1. The van der Waals surface area contributed by atoms with Gasteiger partial charge in [0, 0.05) is 6.54 Å². The highest BCUT2D eigenvalue weighted by molar-refractivity contribution is 5.95. The third-order valence-corrected chi connectivity index (χ3v) is 3.37. The van der Waals surface area contributed by atoms with Crippen molar-refractivity contribution in [1.82, 2.24) is 5.32 Å². The van der Waals surface area contributed by atoms with Crippen LogP contribution >= 0.6 is 0 Å². The number of amides is 1. The summed E-state index contributed by atoms with van der Waals surface area (Å²) in [6.45, 7) is 2.78. The number of carbonyl (C=O) groups excluding carboxylic acids is 1. The lowest BCUT2D eigenvalue weighted by molar-refractivity contribution is -0.115. The van der Waals surface area contributed by atoms with Crippen LogP contribution in [0.3, 0.4) is 0 Å². The quantitative estimate of drug-likeness (QED) is 0.825. The average molecular weight is 314 g/mol. The summed E-state index contributed by atoms with van der Waals surface area (Å²) >= 11 is 0. The first-order valence-corrected chi connectivity index (χ1v) is 7.41. The topological polar surface area (TPSA) is 59.6 Å². The molecule has 0 aliphatic rings. The molecule has 23 heavy (non-hydrogen) atoms. The number of ether oxygens (including phenoxy) is 2. The highest BCUT2D eigenvalue weighted by Gasteiger charge is 2.14. The van der Waals surface area contributed by atoms with Gasteiger partial charge in [-0.3, -0.25) is 4.79 Å². The number of hydrogen-bond acceptors (Lipinski definition) is 4. The lowest BCUT2D eigenvalue weighted by Gasteiger charge is -2.15. The number of anilines is 1. The monoisotopic (exact) mass is 314 g/mol. The van der Waals surface area contributed by atoms with Crippen LogP contribution in [0.4, 0.5) is 5.69 Å². The minimum absolute atomic E-state index is 0.151. The SMILES string of the molecule is COc1cc(C)cc(OC)c1NC(=O)CNCc1ccccc1. The Morgan fingerprint density at radius 2 is 1.65 bits per heavy atom. The molecule has 0 unspecified atom stereocenters. The molecule has 0 bridgehead atoms. The Bertz CT molecular complexity index is 632. The molecule has 0 saturated heterocycles. The zero-order valence-corrected chi connectivity index (χ0v) is 13.7. The van der Waals surface area contributed by atoms with Gasteiger partial charge in [0.2, 0.25) is 5.91 Å². The van der Waals surface area contributed by atoms with Gasteiger partial charge in [-0.2, -0.15) is 0 Å². The molecular formula is C18H22N2O3. The van der Waals surface area contributed by atoms with Crippen LogP contribution < -0.4 is 20.1 Å². The van der Waals surface area contributed by atoms with Crippen LogP contribution in [-0.2, 0) is 11.3 Å². The highest BCUT2D eigenvalue weighted by atomic mass is 16.5. The fourth-order valence-corrected chi connectivity index (χ4v) is 2.27. The number of carbonyl (C=O) groups is 1. The highest BCUT2D eigenvalue weighted by Crippen LogP contribution is 2.35. The molecule has 2 rings (SSSR count). The molecule has 0 atom stereocenters. The van der Waals surface area contributed by atoms with Gasteiger partial charge < -0.3 is 20.1 Å². The summed E-state index contributed by atoms with van der Waals surface area (Å²) in [6, 6.07) is 13.6. The van der Waals surface area contributed by atoms with Crippen LogP contribution in [0.2, 0.25) is 0 Å². The van der Waals surface area contributed by atoms with Crippen molar-refractivity contribution in [2.24, 2.45) is 0 Å². The Kier molecular flexibility index (Phi) is 6.00. The maximum Gasteiger partial charge on any atom is 0.238 e. The standard InChI is InChI=1S/C18H22N2O3/c1-13-9-15(22-2)18(16(10-13)23-3)20-17(21)12-19-11-14-7-5-4-6-8-14/h4-10,19H,11-12H2,1-3H3,(H,20,21). The fourth-order valence-electron chi connectivity index (χ4n) is 2.27. The second-order valence-corrected chi connectivity index (χ2v) is 5.18. The molecule has 0 fully saturated rings. The fraction of sp³-hybridized carbons (Fsp3) is 0.278. The van der Waals surface area contributed by atoms with E-state index in [4.69, 9.17) is 9.47 Å². The Labute approximate surface area is 136 Å². The molecule has 0 saturated carbocycles. The van der Waals surface area contributed by atoms with Crippen molar-refractivity contribution < 1.29 is 14.3 Å². The van der Waals surface area contributed by atoms with Gasteiger partial charge in [0.25, 0.3) is 0 Å². The molecule has 122 valence electrons. The van der Waals surface area contributed by atoms with Gasteiger partial charge >= 0.3 is 0 Å². The van der Waals surface area contributed by atoms with E-state index in [2.05, 4.69) is 10.6 Å². The van der Waals surface area contributed by atoms with E-state index in [0.717, 1.165) is 11.1 Å². The van der Waals surface area contributed by atoms with Crippen molar-refractivity contribution in [1.29, 1.82) is 0 Å². The predicted molar refractivity (Wildman–Crippen MR) is 91.1 cm³/mol. The normalized spacial score (nSPS) is 10.2. The molecule has 0 heterocycles. The summed E-state index contributed by atoms with van der Waals surface area (Å²) in [5, 5.41) is 5.96. The van der Waals surface area contributed by atoms with E-state index < -0.39 is 0 Å². The molecule has 2 N–H and O–H groups in total. The van der Waals surface area contributed by atoms with E-state index in [0.29, 0.717) is 23.7 Å². The first kappa shape index (κ1) is 16.8. The molecule has 0 spiro atoms. The van der Waals surface area contributed by atoms with Crippen LogP contribution in [0.1, 0.15) is 11.1 Å². The maximum atomic E-state index is 12.1. The molecule has 0 aliphatic carbocycles. The van der Waals surface area contributed by atoms with Crippen molar-refractivity contribution >= 4 is 11.6 Å². The first-order valence-electron chi connectivity index (χ1n) is 7.41. The lowest BCUT2D eigenvalue weighted by atomic mass is 10.2. The van der Waals surface area contributed by atoms with Crippen molar-refractivity contribution in [2.45, 2.75) is 13.5 Å². The Balaban J connectivity index is 1.97. The number of benzene rings is 2. The largest absolute Gasteiger partial charge is 0.494 e. The van der Waals surface area contributed by atoms with Crippen LogP contribution in [0.5, 0.6) is 11.5 Å². The molecule has 1 amide bonds. The van der Waals surface area contributed by atoms with E-state index in [-0.39, 0.29) is 12.5 Å². The summed E-state index contributed by atoms with van der Waals surface area (Å²) in [6.07, 6.45) is 0. The van der Waals surface area contributed by atoms with Gasteiger partial charge in [-0.25, -0.2) is 0 Å². The van der Waals surface area contributed by atoms with Gasteiger partial charge in [0.15, 0.2) is 0 Å². The van der Waals surface area contributed by atoms with Gasteiger partial charge in [-0.1, -0.05) is 30.3 Å². The van der Waals surface area contributed by atoms with E-state index in [9.17, 15) is 4.79 Å². The second kappa shape index (κ2) is 8.19. The number of aryl methyl sites for hydroxylation is 1. The third-order valence-electron chi connectivity index (χ3n) is 3.37. The van der Waals surface area contributed by atoms with E-state index >= 15 is 0 Å². The second-order valence-electron chi connectivity index (χ2n) is 5.18. The molecule has 2 aromatic carbocycles. The number of hydrogen-bond donors (Lipinski definition) is 2. The molecule has 5 nitrogen and oxygen atoms in total. The zero-order valence-electron chi connectivity index (χ0n) is 13.7. The summed E-state index contributed by atoms with van der Waals surface area (Å²) in [5.41, 5.74) is 2.68. The van der Waals surface area contributed by atoms with Crippen LogP contribution in [-0.4, -0.2) is 26.7 Å². The van der Waals surface area contributed by atoms with Gasteiger partial charge in [0.1, 0.15) is 17.2 Å². The van der Waals surface area contributed by atoms with Crippen LogP contribution in [0.25, 0.3) is 0 Å². The lowest BCUT2D eigenvalue weighted by Crippen LogP contribution is -2.28. The maximum absolute atomic E-state index is 12.1. The van der Waals surface area contributed by atoms with Crippen molar-refractivity contribution in [3.05, 3.63) is 53.6 Å². The minimum Gasteiger partial charge on any atom is -0.494 e. The molecule has 0 aromatic heterocycles. The Hall–Kier alpha value is -2.53. The Morgan fingerprint density at radius 1 is 1.04 bits per heavy atom. The molecular weight excluding hydrogens is 292 g/mol. The van der Waals surface area contributed by atoms with Crippen molar-refractivity contribution in [2.75, 3.05) is 26.1 Å². The average Bonchev–Trinajstić information content (AvgIpc) is 2.57. The van der Waals surface area contributed by atoms with Gasteiger partial charge in [-0.15, -0.1) is 0 Å². The van der Waals surface area contributed by atoms with Crippen molar-refractivity contribution in [3.8, 4) is 11.5 Å². The van der Waals surface area contributed by atoms with Crippen LogP contribution in [0, 0.1) is 6.92 Å². The predicted octanol–water partition coefficient (Wildman–Crippen LogP) is 2.74. The van der Waals surface area contributed by atoms with Gasteiger partial charge in [0.05, 0.1) is 20.8 Å². The number of nitrogens with one attached hydrogen (secondary N) is 2. The van der Waals surface area contributed by atoms with Crippen molar-refractivity contribution in [3.63, 3.8) is 0 Å². The smallest absolute Gasteiger partial charge is 0.238 e. The molecule has 0 aliphatic heterocycles. The summed E-state index contributed by atoms with van der Waals surface area (Å²) in [5.74, 6) is 1.01. The van der Waals surface area contributed by atoms with Crippen LogP contribution in [0.15, 0.2) is 42.5 Å². The summed E-state index contributed by atoms with van der Waals surface area (Å²) < 4.78 is 10.7.